The Morgan fingerprint density at radius 1 is 1.13 bits per heavy atom. The summed E-state index contributed by atoms with van der Waals surface area (Å²) >= 11 is 0. The highest BCUT2D eigenvalue weighted by Gasteiger charge is 2.20. The molecule has 6 heteroatoms. The van der Waals surface area contributed by atoms with Crippen LogP contribution in [0.3, 0.4) is 0 Å². The lowest BCUT2D eigenvalue weighted by Crippen LogP contribution is -2.41. The number of benzene rings is 1. The van der Waals surface area contributed by atoms with E-state index >= 15 is 0 Å². The molecule has 0 N–H and O–H groups in total. The minimum Gasteiger partial charge on any atom is -0.451 e. The number of rotatable bonds is 5. The topological polar surface area (TPSA) is 70.8 Å². The zero-order valence-corrected chi connectivity index (χ0v) is 13.5. The van der Waals surface area contributed by atoms with E-state index in [1.807, 2.05) is 13.8 Å². The molecule has 122 valence electrons. The summed E-state index contributed by atoms with van der Waals surface area (Å²) in [6, 6.07) is 7.91. The van der Waals surface area contributed by atoms with Gasteiger partial charge in [-0.1, -0.05) is 12.1 Å². The fourth-order valence-electron chi connectivity index (χ4n) is 2.35. The number of carbonyl (C=O) groups is 2. The van der Waals surface area contributed by atoms with E-state index in [-0.39, 0.29) is 23.6 Å². The Morgan fingerprint density at radius 2 is 1.78 bits per heavy atom. The van der Waals surface area contributed by atoms with Crippen molar-refractivity contribution >= 4 is 22.8 Å². The number of hydrogen-bond acceptors (Lipinski definition) is 4. The third-order valence-electron chi connectivity index (χ3n) is 3.68. The molecule has 0 spiro atoms. The van der Waals surface area contributed by atoms with E-state index in [0.717, 1.165) is 0 Å². The lowest BCUT2D eigenvalue weighted by atomic mass is 10.2. The van der Waals surface area contributed by atoms with Gasteiger partial charge in [-0.2, -0.15) is 0 Å². The molecule has 1 heterocycles. The Bertz CT molecular complexity index is 778. The zero-order chi connectivity index (χ0) is 17.0. The lowest BCUT2D eigenvalue weighted by Gasteiger charge is -2.22. The Labute approximate surface area is 134 Å². The summed E-state index contributed by atoms with van der Waals surface area (Å²) in [5.74, 6) is -0.703. The molecule has 0 fully saturated rings. The molecule has 6 nitrogen and oxygen atoms in total. The highest BCUT2D eigenvalue weighted by molar-refractivity contribution is 5.95. The van der Waals surface area contributed by atoms with Gasteiger partial charge < -0.3 is 14.2 Å². The van der Waals surface area contributed by atoms with Gasteiger partial charge in [0.25, 0.3) is 5.91 Å². The number of likely N-dealkylation sites (N-methyl/N-ethyl adjacent to an activating group) is 2. The van der Waals surface area contributed by atoms with Crippen molar-refractivity contribution in [3.8, 4) is 0 Å². The van der Waals surface area contributed by atoms with Gasteiger partial charge in [0, 0.05) is 26.2 Å². The second-order valence-corrected chi connectivity index (χ2v) is 5.20. The van der Waals surface area contributed by atoms with Crippen LogP contribution in [0.15, 0.2) is 39.5 Å². The molecule has 0 unspecified atom stereocenters. The molecule has 0 atom stereocenters. The summed E-state index contributed by atoms with van der Waals surface area (Å²) in [7, 11) is 1.51. The van der Waals surface area contributed by atoms with Crippen molar-refractivity contribution < 1.29 is 14.0 Å². The van der Waals surface area contributed by atoms with E-state index in [0.29, 0.717) is 24.1 Å². The maximum absolute atomic E-state index is 12.4. The Balaban J connectivity index is 2.23. The highest BCUT2D eigenvalue weighted by Crippen LogP contribution is 2.13. The minimum absolute atomic E-state index is 0.0585. The number of fused-ring (bicyclic) bond motifs is 1. The van der Waals surface area contributed by atoms with Gasteiger partial charge in [-0.05, 0) is 26.0 Å². The van der Waals surface area contributed by atoms with Crippen LogP contribution in [0, 0.1) is 0 Å². The average molecular weight is 316 g/mol. The van der Waals surface area contributed by atoms with Crippen LogP contribution in [0.1, 0.15) is 24.4 Å². The Morgan fingerprint density at radius 3 is 2.43 bits per heavy atom. The van der Waals surface area contributed by atoms with Crippen LogP contribution in [0.4, 0.5) is 0 Å². The monoisotopic (exact) mass is 316 g/mol. The first kappa shape index (κ1) is 16.7. The molecule has 2 amide bonds. The van der Waals surface area contributed by atoms with Crippen molar-refractivity contribution in [3.05, 3.63) is 46.3 Å². The van der Waals surface area contributed by atoms with Crippen LogP contribution in [-0.4, -0.2) is 48.3 Å². The van der Waals surface area contributed by atoms with E-state index < -0.39 is 5.91 Å². The maximum Gasteiger partial charge on any atom is 0.289 e. The first-order valence-electron chi connectivity index (χ1n) is 7.54. The summed E-state index contributed by atoms with van der Waals surface area (Å²) < 4.78 is 5.50. The van der Waals surface area contributed by atoms with Crippen LogP contribution in [-0.2, 0) is 4.79 Å². The van der Waals surface area contributed by atoms with Gasteiger partial charge in [-0.15, -0.1) is 0 Å². The van der Waals surface area contributed by atoms with Crippen molar-refractivity contribution in [2.24, 2.45) is 0 Å². The molecule has 2 rings (SSSR count). The minimum atomic E-state index is -0.492. The SMILES string of the molecule is CCN(CC)C(=O)CN(C)C(=O)c1cc(=O)c2ccccc2o1. The molecule has 0 aliphatic rings. The Hall–Kier alpha value is -2.63. The van der Waals surface area contributed by atoms with E-state index in [1.54, 1.807) is 29.2 Å². The molecule has 0 aliphatic carbocycles. The molecule has 0 aliphatic heterocycles. The summed E-state index contributed by atoms with van der Waals surface area (Å²) in [6.07, 6.45) is 0. The van der Waals surface area contributed by atoms with Crippen molar-refractivity contribution in [3.63, 3.8) is 0 Å². The largest absolute Gasteiger partial charge is 0.451 e. The lowest BCUT2D eigenvalue weighted by molar-refractivity contribution is -0.131. The quantitative estimate of drug-likeness (QED) is 0.842. The van der Waals surface area contributed by atoms with Crippen LogP contribution in [0.2, 0.25) is 0 Å². The summed E-state index contributed by atoms with van der Waals surface area (Å²) in [5, 5.41) is 0.422. The third kappa shape index (κ3) is 3.59. The summed E-state index contributed by atoms with van der Waals surface area (Å²) in [4.78, 5) is 39.4. The molecule has 0 radical (unpaired) electrons. The number of para-hydroxylation sites is 1. The van der Waals surface area contributed by atoms with Crippen molar-refractivity contribution in [1.29, 1.82) is 0 Å². The van der Waals surface area contributed by atoms with Crippen molar-refractivity contribution in [2.75, 3.05) is 26.7 Å². The van der Waals surface area contributed by atoms with E-state index in [2.05, 4.69) is 0 Å². The van der Waals surface area contributed by atoms with Gasteiger partial charge in [0.15, 0.2) is 11.2 Å². The molecule has 23 heavy (non-hydrogen) atoms. The van der Waals surface area contributed by atoms with Crippen molar-refractivity contribution in [2.45, 2.75) is 13.8 Å². The predicted molar refractivity (Wildman–Crippen MR) is 87.4 cm³/mol. The van der Waals surface area contributed by atoms with E-state index in [1.165, 1.54) is 18.0 Å². The maximum atomic E-state index is 12.4. The van der Waals surface area contributed by atoms with Gasteiger partial charge >= 0.3 is 0 Å². The van der Waals surface area contributed by atoms with Crippen LogP contribution >= 0.6 is 0 Å². The molecule has 0 saturated heterocycles. The number of amides is 2. The fourth-order valence-corrected chi connectivity index (χ4v) is 2.35. The second kappa shape index (κ2) is 7.09. The summed E-state index contributed by atoms with van der Waals surface area (Å²) in [5.41, 5.74) is 0.0745. The van der Waals surface area contributed by atoms with Crippen molar-refractivity contribution in [1.82, 2.24) is 9.80 Å². The van der Waals surface area contributed by atoms with Gasteiger partial charge in [0.05, 0.1) is 11.9 Å². The van der Waals surface area contributed by atoms with Gasteiger partial charge in [0.1, 0.15) is 5.58 Å². The fraction of sp³-hybridized carbons (Fsp3) is 0.353. The number of nitrogens with zero attached hydrogens (tertiary/aromatic N) is 2. The molecular weight excluding hydrogens is 296 g/mol. The summed E-state index contributed by atoms with van der Waals surface area (Å²) in [6.45, 7) is 4.87. The smallest absolute Gasteiger partial charge is 0.289 e. The van der Waals surface area contributed by atoms with Gasteiger partial charge in [-0.25, -0.2) is 0 Å². The molecule has 1 aromatic heterocycles. The molecule has 1 aromatic carbocycles. The Kier molecular flexibility index (Phi) is 5.16. The number of carbonyl (C=O) groups excluding carboxylic acids is 2. The first-order valence-corrected chi connectivity index (χ1v) is 7.54. The first-order chi connectivity index (χ1) is 11.0. The van der Waals surface area contributed by atoms with Crippen LogP contribution in [0.25, 0.3) is 11.0 Å². The second-order valence-electron chi connectivity index (χ2n) is 5.20. The molecule has 2 aromatic rings. The van der Waals surface area contributed by atoms with Gasteiger partial charge in [-0.3, -0.25) is 14.4 Å². The molecule has 0 saturated carbocycles. The molecular formula is C17H20N2O4. The van der Waals surface area contributed by atoms with Crippen LogP contribution in [0.5, 0.6) is 0 Å². The average Bonchev–Trinajstić information content (AvgIpc) is 2.55. The third-order valence-corrected chi connectivity index (χ3v) is 3.68. The zero-order valence-electron chi connectivity index (χ0n) is 13.5. The van der Waals surface area contributed by atoms with E-state index in [4.69, 9.17) is 4.42 Å². The predicted octanol–water partition coefficient (Wildman–Crippen LogP) is 1.73. The normalized spacial score (nSPS) is 10.6. The standard InChI is InChI=1S/C17H20N2O4/c1-4-19(5-2)16(21)11-18(3)17(22)15-10-13(20)12-8-6-7-9-14(12)23-15/h6-10H,4-5,11H2,1-3H3. The van der Waals surface area contributed by atoms with E-state index in [9.17, 15) is 14.4 Å². The molecule has 0 bridgehead atoms. The van der Waals surface area contributed by atoms with Crippen LogP contribution < -0.4 is 5.43 Å². The van der Waals surface area contributed by atoms with Gasteiger partial charge in [0.2, 0.25) is 5.91 Å². The highest BCUT2D eigenvalue weighted by atomic mass is 16.3. The number of hydrogen-bond donors (Lipinski definition) is 0.